The van der Waals surface area contributed by atoms with E-state index in [1.165, 1.54) is 7.11 Å². The van der Waals surface area contributed by atoms with Gasteiger partial charge in [-0.05, 0) is 40.5 Å². The molecule has 88 valence electrons. The molecule has 0 aliphatic heterocycles. The van der Waals surface area contributed by atoms with Gasteiger partial charge in [-0.1, -0.05) is 17.7 Å². The molecule has 1 aromatic carbocycles. The Morgan fingerprint density at radius 3 is 2.69 bits per heavy atom. The number of benzene rings is 1. The summed E-state index contributed by atoms with van der Waals surface area (Å²) in [5.74, 6) is -1.06. The summed E-state index contributed by atoms with van der Waals surface area (Å²) < 4.78 is 5.25. The van der Waals surface area contributed by atoms with Crippen molar-refractivity contribution < 1.29 is 14.6 Å². The molecule has 0 bridgehead atoms. The lowest BCUT2D eigenvalue weighted by Crippen LogP contribution is -2.20. The molecule has 0 aliphatic rings. The van der Waals surface area contributed by atoms with Crippen LogP contribution in [0.25, 0.3) is 0 Å². The summed E-state index contributed by atoms with van der Waals surface area (Å²) in [6.45, 7) is 1.61. The zero-order chi connectivity index (χ0) is 12.3. The van der Waals surface area contributed by atoms with Crippen molar-refractivity contribution in [2.24, 2.45) is 5.92 Å². The first kappa shape index (κ1) is 13.5. The van der Waals surface area contributed by atoms with Crippen LogP contribution in [0, 0.1) is 5.92 Å². The summed E-state index contributed by atoms with van der Waals surface area (Å²) in [6, 6.07) is 5.03. The molecule has 0 fully saturated rings. The predicted octanol–water partition coefficient (Wildman–Crippen LogP) is 2.95. The molecule has 1 aromatic rings. The van der Waals surface area contributed by atoms with Crippen molar-refractivity contribution in [1.82, 2.24) is 0 Å². The van der Waals surface area contributed by atoms with Gasteiger partial charge in [-0.25, -0.2) is 0 Å². The van der Waals surface area contributed by atoms with E-state index in [1.54, 1.807) is 25.1 Å². The Labute approximate surface area is 107 Å². The molecule has 0 aromatic heterocycles. The summed E-state index contributed by atoms with van der Waals surface area (Å²) >= 11 is 9.09. The predicted molar refractivity (Wildman–Crippen MR) is 65.3 cm³/mol. The molecule has 0 saturated carbocycles. The molecule has 0 amide bonds. The SMILES string of the molecule is COC(=O)C(C)C(O)c1ccc(Cl)c(Br)c1. The minimum Gasteiger partial charge on any atom is -0.469 e. The van der Waals surface area contributed by atoms with Crippen molar-refractivity contribution >= 4 is 33.5 Å². The number of aliphatic hydroxyl groups is 1. The fraction of sp³-hybridized carbons (Fsp3) is 0.364. The van der Waals surface area contributed by atoms with E-state index in [-0.39, 0.29) is 0 Å². The first-order valence-corrected chi connectivity index (χ1v) is 5.85. The number of carbonyl (C=O) groups is 1. The number of esters is 1. The normalized spacial score (nSPS) is 14.3. The lowest BCUT2D eigenvalue weighted by atomic mass is 9.98. The Bertz CT molecular complexity index is 395. The van der Waals surface area contributed by atoms with Crippen molar-refractivity contribution in [3.8, 4) is 0 Å². The number of halogens is 2. The average Bonchev–Trinajstić information content (AvgIpc) is 2.29. The zero-order valence-corrected chi connectivity index (χ0v) is 11.2. The molecule has 3 nitrogen and oxygen atoms in total. The van der Waals surface area contributed by atoms with Crippen LogP contribution in [0.3, 0.4) is 0 Å². The van der Waals surface area contributed by atoms with Crippen LogP contribution in [0.1, 0.15) is 18.6 Å². The van der Waals surface area contributed by atoms with E-state index in [9.17, 15) is 9.90 Å². The summed E-state index contributed by atoms with van der Waals surface area (Å²) in [5, 5.41) is 10.5. The average molecular weight is 308 g/mol. The van der Waals surface area contributed by atoms with Gasteiger partial charge in [0.1, 0.15) is 0 Å². The smallest absolute Gasteiger partial charge is 0.311 e. The number of rotatable bonds is 3. The number of hydrogen-bond donors (Lipinski definition) is 1. The number of aliphatic hydroxyl groups excluding tert-OH is 1. The highest BCUT2D eigenvalue weighted by Gasteiger charge is 2.24. The second-order valence-corrected chi connectivity index (χ2v) is 4.69. The fourth-order valence-corrected chi connectivity index (χ4v) is 1.81. The van der Waals surface area contributed by atoms with Crippen LogP contribution < -0.4 is 0 Å². The van der Waals surface area contributed by atoms with Crippen molar-refractivity contribution in [3.05, 3.63) is 33.3 Å². The van der Waals surface area contributed by atoms with E-state index in [2.05, 4.69) is 20.7 Å². The monoisotopic (exact) mass is 306 g/mol. The Kier molecular flexibility index (Phi) is 4.77. The van der Waals surface area contributed by atoms with Crippen molar-refractivity contribution in [2.45, 2.75) is 13.0 Å². The number of methoxy groups -OCH3 is 1. The number of ether oxygens (including phenoxy) is 1. The minimum absolute atomic E-state index is 0.446. The maximum Gasteiger partial charge on any atom is 0.311 e. The zero-order valence-electron chi connectivity index (χ0n) is 8.91. The molecule has 1 N–H and O–H groups in total. The third-order valence-electron chi connectivity index (χ3n) is 2.33. The van der Waals surface area contributed by atoms with Gasteiger partial charge in [0.15, 0.2) is 0 Å². The lowest BCUT2D eigenvalue weighted by Gasteiger charge is -2.17. The Morgan fingerprint density at radius 1 is 1.56 bits per heavy atom. The molecule has 0 spiro atoms. The maximum atomic E-state index is 11.3. The van der Waals surface area contributed by atoms with Gasteiger partial charge in [0.05, 0.1) is 24.2 Å². The maximum absolute atomic E-state index is 11.3. The van der Waals surface area contributed by atoms with E-state index in [0.29, 0.717) is 15.1 Å². The van der Waals surface area contributed by atoms with E-state index >= 15 is 0 Å². The van der Waals surface area contributed by atoms with Crippen LogP contribution in [0.5, 0.6) is 0 Å². The van der Waals surface area contributed by atoms with Gasteiger partial charge in [0.2, 0.25) is 0 Å². The summed E-state index contributed by atoms with van der Waals surface area (Å²) in [5.41, 5.74) is 0.620. The van der Waals surface area contributed by atoms with Gasteiger partial charge in [0.25, 0.3) is 0 Å². The van der Waals surface area contributed by atoms with Crippen molar-refractivity contribution in [2.75, 3.05) is 7.11 Å². The van der Waals surface area contributed by atoms with Crippen LogP contribution in [-0.4, -0.2) is 18.2 Å². The molecule has 1 rings (SSSR count). The number of carbonyl (C=O) groups excluding carboxylic acids is 1. The molecular weight excluding hydrogens is 295 g/mol. The minimum atomic E-state index is -0.902. The molecular formula is C11H12BrClO3. The second kappa shape index (κ2) is 5.66. The summed E-state index contributed by atoms with van der Waals surface area (Å²) in [7, 11) is 1.29. The lowest BCUT2D eigenvalue weighted by molar-refractivity contribution is -0.148. The van der Waals surface area contributed by atoms with Gasteiger partial charge in [-0.2, -0.15) is 0 Å². The Balaban J connectivity index is 2.91. The van der Waals surface area contributed by atoms with Gasteiger partial charge in [-0.3, -0.25) is 4.79 Å². The molecule has 2 atom stereocenters. The summed E-state index contributed by atoms with van der Waals surface area (Å²) in [6.07, 6.45) is -0.902. The molecule has 5 heteroatoms. The van der Waals surface area contributed by atoms with Gasteiger partial charge in [-0.15, -0.1) is 0 Å². The molecule has 0 aliphatic carbocycles. The van der Waals surface area contributed by atoms with Crippen LogP contribution >= 0.6 is 27.5 Å². The quantitative estimate of drug-likeness (QED) is 0.873. The molecule has 16 heavy (non-hydrogen) atoms. The Hall–Kier alpha value is -0.580. The standard InChI is InChI=1S/C11H12BrClO3/c1-6(11(15)16-2)10(14)7-3-4-9(13)8(12)5-7/h3-6,10,14H,1-2H3. The van der Waals surface area contributed by atoms with Gasteiger partial charge >= 0.3 is 5.97 Å². The van der Waals surface area contributed by atoms with Crippen LogP contribution in [-0.2, 0) is 9.53 Å². The topological polar surface area (TPSA) is 46.5 Å². The van der Waals surface area contributed by atoms with Crippen molar-refractivity contribution in [3.63, 3.8) is 0 Å². The summed E-state index contributed by atoms with van der Waals surface area (Å²) in [4.78, 5) is 11.3. The molecule has 0 heterocycles. The van der Waals surface area contributed by atoms with Gasteiger partial charge in [0, 0.05) is 4.47 Å². The fourth-order valence-electron chi connectivity index (χ4n) is 1.30. The second-order valence-electron chi connectivity index (χ2n) is 3.43. The first-order chi connectivity index (χ1) is 7.47. The Morgan fingerprint density at radius 2 is 2.19 bits per heavy atom. The van der Waals surface area contributed by atoms with E-state index in [0.717, 1.165) is 0 Å². The highest BCUT2D eigenvalue weighted by Crippen LogP contribution is 2.29. The molecule has 0 saturated heterocycles. The molecule has 0 radical (unpaired) electrons. The van der Waals surface area contributed by atoms with Crippen LogP contribution in [0.2, 0.25) is 5.02 Å². The third-order valence-corrected chi connectivity index (χ3v) is 3.55. The van der Waals surface area contributed by atoms with Crippen LogP contribution in [0.15, 0.2) is 22.7 Å². The highest BCUT2D eigenvalue weighted by molar-refractivity contribution is 9.10. The van der Waals surface area contributed by atoms with E-state index in [1.807, 2.05) is 0 Å². The highest BCUT2D eigenvalue weighted by atomic mass is 79.9. The van der Waals surface area contributed by atoms with Gasteiger partial charge < -0.3 is 9.84 Å². The largest absolute Gasteiger partial charge is 0.469 e. The van der Waals surface area contributed by atoms with Crippen LogP contribution in [0.4, 0.5) is 0 Å². The molecule has 2 unspecified atom stereocenters. The third kappa shape index (κ3) is 2.97. The number of hydrogen-bond acceptors (Lipinski definition) is 3. The van der Waals surface area contributed by atoms with Crippen molar-refractivity contribution in [1.29, 1.82) is 0 Å². The van der Waals surface area contributed by atoms with E-state index < -0.39 is 18.0 Å². The van der Waals surface area contributed by atoms with E-state index in [4.69, 9.17) is 11.6 Å². The first-order valence-electron chi connectivity index (χ1n) is 4.68.